The number of nitrogens with one attached hydrogen (secondary N) is 2. The number of aryl methyl sites for hydroxylation is 1. The quantitative estimate of drug-likeness (QED) is 0.708. The molecule has 0 saturated carbocycles. The fraction of sp³-hybridized carbons (Fsp3) is 0.467. The second-order valence-corrected chi connectivity index (χ2v) is 7.13. The number of nitrogens with two attached hydrogens (primary N) is 1. The first-order chi connectivity index (χ1) is 11.1. The smallest absolute Gasteiger partial charge is 0.407 e. The Kier molecular flexibility index (Phi) is 6.73. The number of sulfonamides is 1. The van der Waals surface area contributed by atoms with Crippen molar-refractivity contribution in [1.29, 1.82) is 0 Å². The Labute approximate surface area is 141 Å². The minimum Gasteiger partial charge on any atom is -0.450 e. The van der Waals surface area contributed by atoms with Crippen molar-refractivity contribution in [2.75, 3.05) is 11.9 Å². The molecule has 24 heavy (non-hydrogen) atoms. The van der Waals surface area contributed by atoms with E-state index in [1.807, 2.05) is 0 Å². The average molecular weight is 357 g/mol. The first-order valence-corrected chi connectivity index (χ1v) is 8.98. The van der Waals surface area contributed by atoms with Gasteiger partial charge < -0.3 is 15.4 Å². The lowest BCUT2D eigenvalue weighted by Crippen LogP contribution is -2.47. The van der Waals surface area contributed by atoms with Crippen molar-refractivity contribution in [2.45, 2.75) is 38.6 Å². The number of carbonyl (C=O) groups excluding carboxylic acids is 2. The van der Waals surface area contributed by atoms with Gasteiger partial charge in [0.05, 0.1) is 11.5 Å². The van der Waals surface area contributed by atoms with Crippen LogP contribution >= 0.6 is 0 Å². The van der Waals surface area contributed by atoms with E-state index in [1.54, 1.807) is 39.8 Å². The predicted molar refractivity (Wildman–Crippen MR) is 90.0 cm³/mol. The van der Waals surface area contributed by atoms with E-state index in [0.29, 0.717) is 5.56 Å². The average Bonchev–Trinajstić information content (AvgIpc) is 2.45. The van der Waals surface area contributed by atoms with E-state index in [1.165, 1.54) is 6.07 Å². The molecule has 1 atom stereocenters. The zero-order chi connectivity index (χ0) is 18.5. The van der Waals surface area contributed by atoms with Crippen molar-refractivity contribution in [3.05, 3.63) is 23.8 Å². The first-order valence-electron chi connectivity index (χ1n) is 7.43. The molecule has 0 aromatic heterocycles. The fourth-order valence-corrected chi connectivity index (χ4v) is 2.85. The number of hydrogen-bond acceptors (Lipinski definition) is 5. The molecule has 0 aliphatic heterocycles. The van der Waals surface area contributed by atoms with Gasteiger partial charge in [0.25, 0.3) is 0 Å². The van der Waals surface area contributed by atoms with Gasteiger partial charge in [0.1, 0.15) is 6.04 Å². The normalized spacial score (nSPS) is 12.6. The molecular weight excluding hydrogens is 334 g/mol. The van der Waals surface area contributed by atoms with Gasteiger partial charge in [-0.05, 0) is 37.5 Å². The molecule has 1 unspecified atom stereocenters. The molecule has 1 aromatic rings. The maximum Gasteiger partial charge on any atom is 0.407 e. The summed E-state index contributed by atoms with van der Waals surface area (Å²) in [5.74, 6) is -0.681. The van der Waals surface area contributed by atoms with Crippen LogP contribution in [0.2, 0.25) is 0 Å². The highest BCUT2D eigenvalue weighted by Gasteiger charge is 2.25. The third-order valence-corrected chi connectivity index (χ3v) is 4.31. The Balaban J connectivity index is 2.98. The van der Waals surface area contributed by atoms with Crippen molar-refractivity contribution in [3.63, 3.8) is 0 Å². The molecule has 0 aliphatic rings. The molecule has 8 nitrogen and oxygen atoms in total. The second-order valence-electron chi connectivity index (χ2n) is 5.60. The van der Waals surface area contributed by atoms with Gasteiger partial charge in [0.15, 0.2) is 0 Å². The Morgan fingerprint density at radius 2 is 1.92 bits per heavy atom. The molecule has 0 aliphatic carbocycles. The van der Waals surface area contributed by atoms with E-state index in [4.69, 9.17) is 9.88 Å². The van der Waals surface area contributed by atoms with Gasteiger partial charge in [-0.25, -0.2) is 18.4 Å². The van der Waals surface area contributed by atoms with Crippen LogP contribution in [0.25, 0.3) is 0 Å². The molecule has 4 N–H and O–H groups in total. The van der Waals surface area contributed by atoms with Crippen LogP contribution in [0.5, 0.6) is 0 Å². The summed E-state index contributed by atoms with van der Waals surface area (Å²) < 4.78 is 27.9. The van der Waals surface area contributed by atoms with Crippen LogP contribution in [0.1, 0.15) is 26.3 Å². The predicted octanol–water partition coefficient (Wildman–Crippen LogP) is 1.35. The van der Waals surface area contributed by atoms with Gasteiger partial charge in [-0.1, -0.05) is 19.9 Å². The van der Waals surface area contributed by atoms with Crippen molar-refractivity contribution >= 4 is 27.7 Å². The zero-order valence-electron chi connectivity index (χ0n) is 14.1. The number of hydrogen-bond donors (Lipinski definition) is 3. The first kappa shape index (κ1) is 19.9. The molecular formula is C15H23N3O5S. The molecule has 0 heterocycles. The maximum atomic E-state index is 12.4. The van der Waals surface area contributed by atoms with Gasteiger partial charge in [-0.2, -0.15) is 0 Å². The lowest BCUT2D eigenvalue weighted by Gasteiger charge is -2.21. The van der Waals surface area contributed by atoms with Gasteiger partial charge in [0, 0.05) is 5.69 Å². The van der Waals surface area contributed by atoms with E-state index < -0.39 is 28.1 Å². The highest BCUT2D eigenvalue weighted by atomic mass is 32.2. The maximum absolute atomic E-state index is 12.4. The Hall–Kier alpha value is -2.13. The lowest BCUT2D eigenvalue weighted by atomic mass is 10.0. The number of primary sulfonamides is 1. The summed E-state index contributed by atoms with van der Waals surface area (Å²) >= 11 is 0. The molecule has 0 bridgehead atoms. The summed E-state index contributed by atoms with van der Waals surface area (Å²) in [4.78, 5) is 23.8. The topological polar surface area (TPSA) is 128 Å². The number of carbonyl (C=O) groups is 2. The Morgan fingerprint density at radius 1 is 1.29 bits per heavy atom. The largest absolute Gasteiger partial charge is 0.450 e. The summed E-state index contributed by atoms with van der Waals surface area (Å²) in [7, 11) is -3.90. The summed E-state index contributed by atoms with van der Waals surface area (Å²) in [6.45, 7) is 6.98. The third-order valence-electron chi connectivity index (χ3n) is 3.26. The number of ether oxygens (including phenoxy) is 1. The number of benzene rings is 1. The molecule has 0 fully saturated rings. The second kappa shape index (κ2) is 8.11. The highest BCUT2D eigenvalue weighted by Crippen LogP contribution is 2.19. The minimum absolute atomic E-state index is 0.0697. The van der Waals surface area contributed by atoms with E-state index >= 15 is 0 Å². The van der Waals surface area contributed by atoms with Crippen LogP contribution in [0.15, 0.2) is 23.1 Å². The molecule has 1 rings (SSSR count). The molecule has 0 saturated heterocycles. The zero-order valence-corrected chi connectivity index (χ0v) is 14.9. The summed E-state index contributed by atoms with van der Waals surface area (Å²) in [5, 5.41) is 10.2. The Bertz CT molecular complexity index is 716. The SMILES string of the molecule is CCOC(=O)NC(C(=O)Nc1ccc(C)c(S(N)(=O)=O)c1)C(C)C. The van der Waals surface area contributed by atoms with Crippen molar-refractivity contribution in [2.24, 2.45) is 11.1 Å². The number of rotatable bonds is 6. The minimum atomic E-state index is -3.90. The lowest BCUT2D eigenvalue weighted by molar-refractivity contribution is -0.119. The number of amides is 2. The number of alkyl carbamates (subject to hydrolysis) is 1. The molecule has 0 radical (unpaired) electrons. The van der Waals surface area contributed by atoms with E-state index in [0.717, 1.165) is 0 Å². The molecule has 0 spiro atoms. The molecule has 1 aromatic carbocycles. The van der Waals surface area contributed by atoms with Crippen LogP contribution in [0.3, 0.4) is 0 Å². The molecule has 134 valence electrons. The van der Waals surface area contributed by atoms with Crippen molar-refractivity contribution < 1.29 is 22.7 Å². The van der Waals surface area contributed by atoms with Crippen molar-refractivity contribution in [1.82, 2.24) is 5.32 Å². The summed E-state index contributed by atoms with van der Waals surface area (Å²) in [6.07, 6.45) is -0.694. The standard InChI is InChI=1S/C15H23N3O5S/c1-5-23-15(20)18-13(9(2)3)14(19)17-11-7-6-10(4)12(8-11)24(16,21)22/h6-9,13H,5H2,1-4H3,(H,17,19)(H,18,20)(H2,16,21,22). The van der Waals surface area contributed by atoms with Crippen molar-refractivity contribution in [3.8, 4) is 0 Å². The van der Waals surface area contributed by atoms with E-state index in [-0.39, 0.29) is 23.1 Å². The Morgan fingerprint density at radius 3 is 2.42 bits per heavy atom. The van der Waals surface area contributed by atoms with Crippen LogP contribution < -0.4 is 15.8 Å². The monoisotopic (exact) mass is 357 g/mol. The summed E-state index contributed by atoms with van der Waals surface area (Å²) in [5.41, 5.74) is 0.742. The van der Waals surface area contributed by atoms with Crippen LogP contribution in [0.4, 0.5) is 10.5 Å². The third kappa shape index (κ3) is 5.50. The fourth-order valence-electron chi connectivity index (χ4n) is 2.04. The summed E-state index contributed by atoms with van der Waals surface area (Å²) in [6, 6.07) is 3.55. The number of anilines is 1. The van der Waals surface area contributed by atoms with Gasteiger partial charge >= 0.3 is 6.09 Å². The highest BCUT2D eigenvalue weighted by molar-refractivity contribution is 7.89. The van der Waals surface area contributed by atoms with Crippen LogP contribution in [-0.2, 0) is 19.6 Å². The van der Waals surface area contributed by atoms with Gasteiger partial charge in [-0.15, -0.1) is 0 Å². The van der Waals surface area contributed by atoms with Gasteiger partial charge in [-0.3, -0.25) is 4.79 Å². The molecule has 2 amide bonds. The van der Waals surface area contributed by atoms with Gasteiger partial charge in [0.2, 0.25) is 15.9 Å². The van der Waals surface area contributed by atoms with Crippen LogP contribution in [0, 0.1) is 12.8 Å². The van der Waals surface area contributed by atoms with E-state index in [2.05, 4.69) is 10.6 Å². The van der Waals surface area contributed by atoms with E-state index in [9.17, 15) is 18.0 Å². The van der Waals surface area contributed by atoms with Crippen LogP contribution in [-0.4, -0.2) is 33.1 Å². The molecule has 9 heteroatoms.